The lowest BCUT2D eigenvalue weighted by Gasteiger charge is -2.21. The third-order valence-electron chi connectivity index (χ3n) is 3.37. The molecular formula is C16H22O7. The van der Waals surface area contributed by atoms with Gasteiger partial charge in [-0.25, -0.2) is 14.5 Å². The molecule has 0 amide bonds. The van der Waals surface area contributed by atoms with E-state index in [0.29, 0.717) is 12.0 Å². The number of hydrogen-bond donors (Lipinski definition) is 0. The fraction of sp³-hybridized carbons (Fsp3) is 0.500. The summed E-state index contributed by atoms with van der Waals surface area (Å²) in [7, 11) is 1.56. The summed E-state index contributed by atoms with van der Waals surface area (Å²) in [4.78, 5) is 31.8. The Kier molecular flexibility index (Phi) is 6.99. The number of methoxy groups -OCH3 is 1. The van der Waals surface area contributed by atoms with E-state index in [1.807, 2.05) is 19.9 Å². The van der Waals surface area contributed by atoms with Gasteiger partial charge in [0.15, 0.2) is 0 Å². The molecule has 0 aliphatic heterocycles. The van der Waals surface area contributed by atoms with E-state index in [9.17, 15) is 9.59 Å². The highest BCUT2D eigenvalue weighted by Gasteiger charge is 2.19. The Morgan fingerprint density at radius 1 is 1.09 bits per heavy atom. The fourth-order valence-electron chi connectivity index (χ4n) is 1.76. The van der Waals surface area contributed by atoms with Crippen molar-refractivity contribution in [2.45, 2.75) is 39.7 Å². The van der Waals surface area contributed by atoms with Gasteiger partial charge in [-0.05, 0) is 38.8 Å². The third-order valence-corrected chi connectivity index (χ3v) is 3.37. The number of hydrogen-bond acceptors (Lipinski definition) is 7. The summed E-state index contributed by atoms with van der Waals surface area (Å²) in [6.07, 6.45) is -0.632. The van der Waals surface area contributed by atoms with Crippen molar-refractivity contribution in [3.63, 3.8) is 0 Å². The van der Waals surface area contributed by atoms with Crippen molar-refractivity contribution in [3.8, 4) is 0 Å². The maximum atomic E-state index is 11.9. The van der Waals surface area contributed by atoms with Crippen LogP contribution in [0.1, 0.15) is 41.8 Å². The van der Waals surface area contributed by atoms with Crippen LogP contribution in [0, 0.1) is 13.8 Å². The molecule has 0 aliphatic carbocycles. The van der Waals surface area contributed by atoms with Crippen molar-refractivity contribution in [1.29, 1.82) is 0 Å². The lowest BCUT2D eigenvalue weighted by atomic mass is 10.0. The van der Waals surface area contributed by atoms with E-state index < -0.39 is 17.7 Å². The normalized spacial score (nSPS) is 11.0. The second-order valence-corrected chi connectivity index (χ2v) is 5.60. The molecule has 1 rings (SSSR count). The Labute approximate surface area is 135 Å². The van der Waals surface area contributed by atoms with Gasteiger partial charge in [-0.1, -0.05) is 18.2 Å². The molecule has 0 atom stereocenters. The van der Waals surface area contributed by atoms with Crippen LogP contribution >= 0.6 is 0 Å². The summed E-state index contributed by atoms with van der Waals surface area (Å²) in [5.74, 6) is -0.756. The van der Waals surface area contributed by atoms with Crippen molar-refractivity contribution >= 4 is 12.1 Å². The van der Waals surface area contributed by atoms with Gasteiger partial charge in [0, 0.05) is 13.5 Å². The van der Waals surface area contributed by atoms with Gasteiger partial charge in [0.05, 0.1) is 22.8 Å². The van der Waals surface area contributed by atoms with E-state index in [0.717, 1.165) is 11.1 Å². The number of aryl methyl sites for hydroxylation is 2. The number of carbonyl (C=O) groups is 2. The van der Waals surface area contributed by atoms with Crippen molar-refractivity contribution in [3.05, 3.63) is 34.9 Å². The molecule has 0 aliphatic rings. The highest BCUT2D eigenvalue weighted by molar-refractivity contribution is 5.92. The molecule has 128 valence electrons. The molecule has 1 aromatic carbocycles. The van der Waals surface area contributed by atoms with Crippen LogP contribution in [-0.4, -0.2) is 31.4 Å². The monoisotopic (exact) mass is 326 g/mol. The smallest absolute Gasteiger partial charge is 0.432 e. The molecule has 1 aromatic rings. The molecule has 0 radical (unpaired) electrons. The second-order valence-electron chi connectivity index (χ2n) is 5.60. The molecule has 0 fully saturated rings. The maximum Gasteiger partial charge on any atom is 0.543 e. The number of rotatable bonds is 7. The predicted molar refractivity (Wildman–Crippen MR) is 80.6 cm³/mol. The Bertz CT molecular complexity index is 531. The van der Waals surface area contributed by atoms with Crippen molar-refractivity contribution in [2.75, 3.05) is 13.7 Å². The standard InChI is InChI=1S/C16H22O7/c1-11-7-6-8-12(2)13(11)14(17)21-23-22-15(18)20-10-9-16(3,4)19-5/h6-8H,9-10H2,1-5H3. The Morgan fingerprint density at radius 3 is 2.26 bits per heavy atom. The van der Waals surface area contributed by atoms with Gasteiger partial charge < -0.3 is 9.47 Å². The largest absolute Gasteiger partial charge is 0.543 e. The van der Waals surface area contributed by atoms with E-state index in [4.69, 9.17) is 9.47 Å². The van der Waals surface area contributed by atoms with Gasteiger partial charge in [0.1, 0.15) is 0 Å². The average molecular weight is 326 g/mol. The van der Waals surface area contributed by atoms with E-state index in [1.54, 1.807) is 33.1 Å². The van der Waals surface area contributed by atoms with Gasteiger partial charge in [-0.15, -0.1) is 0 Å². The fourth-order valence-corrected chi connectivity index (χ4v) is 1.76. The molecular weight excluding hydrogens is 304 g/mol. The molecule has 7 nitrogen and oxygen atoms in total. The van der Waals surface area contributed by atoms with E-state index in [1.165, 1.54) is 0 Å². The predicted octanol–water partition coefficient (Wildman–Crippen LogP) is 3.28. The molecule has 0 saturated heterocycles. The van der Waals surface area contributed by atoms with Crippen LogP contribution in [0.15, 0.2) is 18.2 Å². The zero-order valence-corrected chi connectivity index (χ0v) is 14.0. The zero-order chi connectivity index (χ0) is 17.5. The summed E-state index contributed by atoms with van der Waals surface area (Å²) in [6.45, 7) is 7.30. The van der Waals surface area contributed by atoms with Gasteiger partial charge >= 0.3 is 12.1 Å². The van der Waals surface area contributed by atoms with E-state index >= 15 is 0 Å². The molecule has 0 aromatic heterocycles. The van der Waals surface area contributed by atoms with Crippen molar-refractivity contribution in [1.82, 2.24) is 0 Å². The molecule has 0 N–H and O–H groups in total. The summed E-state index contributed by atoms with van der Waals surface area (Å²) in [5, 5.41) is 4.18. The van der Waals surface area contributed by atoms with Crippen molar-refractivity contribution in [2.24, 2.45) is 0 Å². The molecule has 0 heterocycles. The molecule has 23 heavy (non-hydrogen) atoms. The first-order valence-corrected chi connectivity index (χ1v) is 7.10. The second kappa shape index (κ2) is 8.50. The van der Waals surface area contributed by atoms with E-state index in [2.05, 4.69) is 14.8 Å². The maximum absolute atomic E-state index is 11.9. The third kappa shape index (κ3) is 6.25. The summed E-state index contributed by atoms with van der Waals surface area (Å²) in [5.41, 5.74) is 1.38. The highest BCUT2D eigenvalue weighted by atomic mass is 17.5. The number of benzene rings is 1. The van der Waals surface area contributed by atoms with Gasteiger partial charge in [0.2, 0.25) is 0 Å². The first-order chi connectivity index (χ1) is 10.8. The van der Waals surface area contributed by atoms with Crippen LogP contribution in [-0.2, 0) is 24.3 Å². The van der Waals surface area contributed by atoms with Crippen molar-refractivity contribution < 1.29 is 33.9 Å². The molecule has 0 spiro atoms. The molecule has 7 heteroatoms. The van der Waals surface area contributed by atoms with Crippen LogP contribution < -0.4 is 0 Å². The number of ether oxygens (including phenoxy) is 2. The molecule has 0 unspecified atom stereocenters. The van der Waals surface area contributed by atoms with Crippen LogP contribution in [0.4, 0.5) is 4.79 Å². The highest BCUT2D eigenvalue weighted by Crippen LogP contribution is 2.15. The van der Waals surface area contributed by atoms with Crippen LogP contribution in [0.5, 0.6) is 0 Å². The minimum absolute atomic E-state index is 0.0773. The first-order valence-electron chi connectivity index (χ1n) is 7.10. The SMILES string of the molecule is COC(C)(C)CCOC(=O)OOOC(=O)c1c(C)cccc1C. The zero-order valence-electron chi connectivity index (χ0n) is 14.0. The summed E-state index contributed by atoms with van der Waals surface area (Å²) < 4.78 is 9.93. The van der Waals surface area contributed by atoms with Gasteiger partial charge in [-0.2, -0.15) is 0 Å². The minimum atomic E-state index is -1.11. The average Bonchev–Trinajstić information content (AvgIpc) is 2.47. The Morgan fingerprint density at radius 2 is 1.70 bits per heavy atom. The molecule has 0 bridgehead atoms. The summed E-state index contributed by atoms with van der Waals surface area (Å²) in [6, 6.07) is 5.34. The topological polar surface area (TPSA) is 80.3 Å². The lowest BCUT2D eigenvalue weighted by molar-refractivity contribution is -0.452. The van der Waals surface area contributed by atoms with E-state index in [-0.39, 0.29) is 6.61 Å². The minimum Gasteiger partial charge on any atom is -0.432 e. The van der Waals surface area contributed by atoms with Crippen LogP contribution in [0.3, 0.4) is 0 Å². The Hall–Kier alpha value is -2.12. The lowest BCUT2D eigenvalue weighted by Crippen LogP contribution is -2.25. The first kappa shape index (κ1) is 18.9. The van der Waals surface area contributed by atoms with Gasteiger partial charge in [-0.3, -0.25) is 4.89 Å². The van der Waals surface area contributed by atoms with Crippen LogP contribution in [0.25, 0.3) is 0 Å². The number of carbonyl (C=O) groups excluding carboxylic acids is 2. The van der Waals surface area contributed by atoms with Gasteiger partial charge in [0.25, 0.3) is 0 Å². The summed E-state index contributed by atoms with van der Waals surface area (Å²) >= 11 is 0. The molecule has 0 saturated carbocycles. The Balaban J connectivity index is 2.34. The van der Waals surface area contributed by atoms with Crippen LogP contribution in [0.2, 0.25) is 0 Å². The quantitative estimate of drug-likeness (QED) is 0.432.